The molecule has 11 atom stereocenters. The van der Waals surface area contributed by atoms with Crippen LogP contribution in [0.25, 0.3) is 0 Å². The molecule has 2 N–H and O–H groups in total. The Hall–Kier alpha value is -2.38. The maximum Gasteiger partial charge on any atom is 0.246 e. The van der Waals surface area contributed by atoms with E-state index in [0.29, 0.717) is 28.5 Å². The monoisotopic (exact) mass is 567 g/mol. The van der Waals surface area contributed by atoms with Crippen LogP contribution in [0.15, 0.2) is 36.4 Å². The fraction of sp³-hybridized carbons (Fsp3) is 0.656. The second-order valence-electron chi connectivity index (χ2n) is 13.2. The highest BCUT2D eigenvalue weighted by Crippen LogP contribution is 2.57. The summed E-state index contributed by atoms with van der Waals surface area (Å²) in [5.74, 6) is -0.438. The molecular formula is C32H42ClN3O4. The minimum absolute atomic E-state index is 0.0656. The molecule has 2 bridgehead atoms. The van der Waals surface area contributed by atoms with Crippen LogP contribution < -0.4 is 10.6 Å². The minimum Gasteiger partial charge on any atom is -0.359 e. The standard InChI is InChI=1S/C32H42ClN3O4/c1-17-8-5-12-23(19(17)3)35-30(38)28-32-15-14-25(40-32)26(29(37)34-22-11-7-10-21(33)16-22)27(32)31(39)36(28)24-13-6-9-18(2)20(24)4/h7,10-11,14-20,23-28H,5-6,8-9,12-13H2,1-4H3,(H,34,37)(H,35,38). The van der Waals surface area contributed by atoms with E-state index in [0.717, 1.165) is 32.1 Å². The van der Waals surface area contributed by atoms with Crippen molar-refractivity contribution in [2.75, 3.05) is 5.32 Å². The van der Waals surface area contributed by atoms with E-state index in [1.54, 1.807) is 24.3 Å². The molecule has 1 aromatic rings. The molecule has 2 saturated heterocycles. The predicted octanol–water partition coefficient (Wildman–Crippen LogP) is 5.19. The van der Waals surface area contributed by atoms with E-state index in [1.165, 1.54) is 6.42 Å². The van der Waals surface area contributed by atoms with Crippen LogP contribution in [0.4, 0.5) is 5.69 Å². The van der Waals surface area contributed by atoms with Gasteiger partial charge in [0.25, 0.3) is 0 Å². The number of rotatable bonds is 5. The van der Waals surface area contributed by atoms with Crippen molar-refractivity contribution in [3.8, 4) is 0 Å². The van der Waals surface area contributed by atoms with Crippen LogP contribution in [-0.4, -0.2) is 52.5 Å². The highest BCUT2D eigenvalue weighted by molar-refractivity contribution is 6.30. The first kappa shape index (κ1) is 27.8. The summed E-state index contributed by atoms with van der Waals surface area (Å²) in [5.41, 5.74) is -0.573. The van der Waals surface area contributed by atoms with Crippen molar-refractivity contribution in [2.24, 2.45) is 35.5 Å². The molecule has 1 spiro atoms. The maximum atomic E-state index is 14.5. The lowest BCUT2D eigenvalue weighted by Crippen LogP contribution is -2.61. The van der Waals surface area contributed by atoms with Gasteiger partial charge in [-0.1, -0.05) is 83.2 Å². The van der Waals surface area contributed by atoms with Gasteiger partial charge in [0, 0.05) is 22.8 Å². The largest absolute Gasteiger partial charge is 0.359 e. The van der Waals surface area contributed by atoms with Gasteiger partial charge in [-0.2, -0.15) is 0 Å². The number of ether oxygens (including phenoxy) is 1. The normalized spacial score (nSPS) is 42.1. The van der Waals surface area contributed by atoms with Crippen molar-refractivity contribution < 1.29 is 19.1 Å². The number of amides is 3. The molecule has 2 aliphatic carbocycles. The summed E-state index contributed by atoms with van der Waals surface area (Å²) in [6.07, 6.45) is 9.42. The van der Waals surface area contributed by atoms with Crippen LogP contribution in [0.3, 0.4) is 0 Å². The van der Waals surface area contributed by atoms with Crippen LogP contribution in [0, 0.1) is 35.5 Å². The van der Waals surface area contributed by atoms with Gasteiger partial charge in [-0.05, 0) is 54.7 Å². The SMILES string of the molecule is CC1CCCC(NC(=O)C2N(C3CCCC(C)C3C)C(=O)C3C(C(=O)Nc4cccc(Cl)c4)C4C=CC32O4)C1C. The Kier molecular flexibility index (Phi) is 7.27. The van der Waals surface area contributed by atoms with E-state index >= 15 is 0 Å². The van der Waals surface area contributed by atoms with Crippen LogP contribution in [-0.2, 0) is 19.1 Å². The molecule has 7 nitrogen and oxygen atoms in total. The number of fused-ring (bicyclic) bond motifs is 1. The zero-order valence-electron chi connectivity index (χ0n) is 23.9. The van der Waals surface area contributed by atoms with Crippen molar-refractivity contribution in [3.63, 3.8) is 0 Å². The number of likely N-dealkylation sites (tertiary alicyclic amines) is 1. The summed E-state index contributed by atoms with van der Waals surface area (Å²) in [6.45, 7) is 8.90. The molecule has 3 aliphatic heterocycles. The van der Waals surface area contributed by atoms with Crippen molar-refractivity contribution in [1.82, 2.24) is 10.2 Å². The molecule has 11 unspecified atom stereocenters. The number of anilines is 1. The molecule has 216 valence electrons. The smallest absolute Gasteiger partial charge is 0.246 e. The molecule has 40 heavy (non-hydrogen) atoms. The van der Waals surface area contributed by atoms with E-state index in [1.807, 2.05) is 17.1 Å². The van der Waals surface area contributed by atoms with Gasteiger partial charge >= 0.3 is 0 Å². The lowest BCUT2D eigenvalue weighted by Gasteiger charge is -2.44. The van der Waals surface area contributed by atoms with E-state index < -0.39 is 29.6 Å². The van der Waals surface area contributed by atoms with Crippen LogP contribution in [0.5, 0.6) is 0 Å². The van der Waals surface area contributed by atoms with Gasteiger partial charge in [0.15, 0.2) is 0 Å². The molecule has 1 aromatic carbocycles. The second-order valence-corrected chi connectivity index (χ2v) is 13.6. The fourth-order valence-electron chi connectivity index (χ4n) is 8.35. The number of benzene rings is 1. The van der Waals surface area contributed by atoms with Crippen molar-refractivity contribution in [2.45, 2.75) is 96.1 Å². The summed E-state index contributed by atoms with van der Waals surface area (Å²) in [4.78, 5) is 44.4. The third-order valence-electron chi connectivity index (χ3n) is 11.0. The lowest BCUT2D eigenvalue weighted by molar-refractivity contribution is -0.146. The number of hydrogen-bond donors (Lipinski definition) is 2. The van der Waals surface area contributed by atoms with E-state index in [4.69, 9.17) is 16.3 Å². The summed E-state index contributed by atoms with van der Waals surface area (Å²) in [6, 6.07) is 6.20. The highest BCUT2D eigenvalue weighted by atomic mass is 35.5. The number of nitrogens with one attached hydrogen (secondary N) is 2. The Balaban J connectivity index is 1.35. The van der Waals surface area contributed by atoms with Crippen molar-refractivity contribution in [3.05, 3.63) is 41.4 Å². The number of hydrogen-bond acceptors (Lipinski definition) is 4. The highest BCUT2D eigenvalue weighted by Gasteiger charge is 2.73. The van der Waals surface area contributed by atoms with Crippen LogP contribution >= 0.6 is 11.6 Å². The van der Waals surface area contributed by atoms with Gasteiger partial charge in [-0.3, -0.25) is 14.4 Å². The Morgan fingerprint density at radius 1 is 1.00 bits per heavy atom. The molecular weight excluding hydrogens is 526 g/mol. The van der Waals surface area contributed by atoms with Gasteiger partial charge in [0.05, 0.1) is 17.9 Å². The first-order chi connectivity index (χ1) is 19.1. The summed E-state index contributed by atoms with van der Waals surface area (Å²) < 4.78 is 6.58. The first-order valence-electron chi connectivity index (χ1n) is 15.2. The number of carbonyl (C=O) groups excluding carboxylic acids is 3. The molecule has 0 aromatic heterocycles. The van der Waals surface area contributed by atoms with E-state index in [-0.39, 0.29) is 35.7 Å². The number of halogens is 1. The number of nitrogens with zero attached hydrogens (tertiary/aromatic N) is 1. The molecule has 3 heterocycles. The van der Waals surface area contributed by atoms with E-state index in [2.05, 4.69) is 38.3 Å². The molecule has 3 amide bonds. The lowest BCUT2D eigenvalue weighted by atomic mass is 9.73. The summed E-state index contributed by atoms with van der Waals surface area (Å²) >= 11 is 6.15. The topological polar surface area (TPSA) is 87.7 Å². The minimum atomic E-state index is -1.15. The Labute approximate surface area is 242 Å². The zero-order valence-corrected chi connectivity index (χ0v) is 24.7. The van der Waals surface area contributed by atoms with Gasteiger partial charge in [0.2, 0.25) is 17.7 Å². The van der Waals surface area contributed by atoms with Gasteiger partial charge in [-0.25, -0.2) is 0 Å². The maximum absolute atomic E-state index is 14.5. The number of carbonyl (C=O) groups is 3. The average Bonchev–Trinajstić information content (AvgIpc) is 3.56. The quantitative estimate of drug-likeness (QED) is 0.479. The van der Waals surface area contributed by atoms with Crippen molar-refractivity contribution in [1.29, 1.82) is 0 Å². The summed E-state index contributed by atoms with van der Waals surface area (Å²) in [7, 11) is 0. The van der Waals surface area contributed by atoms with Gasteiger partial charge < -0.3 is 20.3 Å². The Bertz CT molecular complexity index is 1220. The van der Waals surface area contributed by atoms with Crippen LogP contribution in [0.2, 0.25) is 5.02 Å². The third kappa shape index (κ3) is 4.39. The fourth-order valence-corrected chi connectivity index (χ4v) is 8.54. The molecule has 8 heteroatoms. The third-order valence-corrected chi connectivity index (χ3v) is 11.2. The van der Waals surface area contributed by atoms with Gasteiger partial charge in [-0.15, -0.1) is 0 Å². The second kappa shape index (κ2) is 10.5. The molecule has 6 rings (SSSR count). The summed E-state index contributed by atoms with van der Waals surface area (Å²) in [5, 5.41) is 6.85. The average molecular weight is 568 g/mol. The molecule has 5 aliphatic rings. The van der Waals surface area contributed by atoms with Gasteiger partial charge in [0.1, 0.15) is 11.6 Å². The predicted molar refractivity (Wildman–Crippen MR) is 155 cm³/mol. The molecule has 2 saturated carbocycles. The molecule has 4 fully saturated rings. The first-order valence-corrected chi connectivity index (χ1v) is 15.6. The molecule has 0 radical (unpaired) electrons. The zero-order chi connectivity index (χ0) is 28.3. The van der Waals surface area contributed by atoms with Crippen molar-refractivity contribution >= 4 is 35.0 Å². The Morgan fingerprint density at radius 3 is 2.48 bits per heavy atom. The Morgan fingerprint density at radius 2 is 1.73 bits per heavy atom. The van der Waals surface area contributed by atoms with Crippen LogP contribution in [0.1, 0.15) is 66.2 Å². The van der Waals surface area contributed by atoms with E-state index in [9.17, 15) is 14.4 Å².